The van der Waals surface area contributed by atoms with Crippen LogP contribution in [0.3, 0.4) is 0 Å². The molecule has 122 valence electrons. The predicted molar refractivity (Wildman–Crippen MR) is 78.0 cm³/mol. The van der Waals surface area contributed by atoms with Crippen molar-refractivity contribution < 1.29 is 17.9 Å². The molecule has 3 heterocycles. The lowest BCUT2D eigenvalue weighted by Gasteiger charge is -2.36. The van der Waals surface area contributed by atoms with Gasteiger partial charge in [-0.1, -0.05) is 0 Å². The van der Waals surface area contributed by atoms with Crippen LogP contribution in [-0.2, 0) is 19.7 Å². The van der Waals surface area contributed by atoms with E-state index in [1.807, 2.05) is 0 Å². The molecule has 0 unspecified atom stereocenters. The van der Waals surface area contributed by atoms with Crippen molar-refractivity contribution in [3.05, 3.63) is 18.1 Å². The largest absolute Gasteiger partial charge is 0.382 e. The number of ether oxygens (including phenoxy) is 2. The molecule has 1 atom stereocenters. The summed E-state index contributed by atoms with van der Waals surface area (Å²) in [5.41, 5.74) is 6.28. The van der Waals surface area contributed by atoms with Crippen molar-refractivity contribution in [3.8, 4) is 0 Å². The molecule has 1 aromatic heterocycles. The van der Waals surface area contributed by atoms with E-state index in [0.717, 1.165) is 0 Å². The SMILES string of the molecule is Nc1nccnc1[C@H]1CN(S(=O)(=O)N2CCOCC2)CCO1. The van der Waals surface area contributed by atoms with E-state index in [1.54, 1.807) is 0 Å². The molecule has 1 aromatic rings. The molecule has 10 heteroatoms. The van der Waals surface area contributed by atoms with E-state index in [2.05, 4.69) is 9.97 Å². The van der Waals surface area contributed by atoms with Crippen molar-refractivity contribution in [2.75, 3.05) is 51.7 Å². The molecular weight excluding hydrogens is 310 g/mol. The summed E-state index contributed by atoms with van der Waals surface area (Å²) in [5, 5.41) is 0. The minimum Gasteiger partial charge on any atom is -0.382 e. The molecule has 2 saturated heterocycles. The Balaban J connectivity index is 1.76. The van der Waals surface area contributed by atoms with E-state index < -0.39 is 16.3 Å². The van der Waals surface area contributed by atoms with Gasteiger partial charge in [-0.3, -0.25) is 4.98 Å². The van der Waals surface area contributed by atoms with Gasteiger partial charge < -0.3 is 15.2 Å². The number of morpholine rings is 2. The van der Waals surface area contributed by atoms with Gasteiger partial charge >= 0.3 is 0 Å². The third-order valence-electron chi connectivity index (χ3n) is 3.71. The Kier molecular flexibility index (Phi) is 4.54. The monoisotopic (exact) mass is 329 g/mol. The average molecular weight is 329 g/mol. The highest BCUT2D eigenvalue weighted by Crippen LogP contribution is 2.26. The van der Waals surface area contributed by atoms with Crippen LogP contribution >= 0.6 is 0 Å². The van der Waals surface area contributed by atoms with Gasteiger partial charge in [-0.15, -0.1) is 0 Å². The van der Waals surface area contributed by atoms with Crippen LogP contribution in [-0.4, -0.2) is 73.0 Å². The maximum Gasteiger partial charge on any atom is 0.282 e. The van der Waals surface area contributed by atoms with Gasteiger partial charge in [0.25, 0.3) is 10.2 Å². The smallest absolute Gasteiger partial charge is 0.282 e. The van der Waals surface area contributed by atoms with Crippen molar-refractivity contribution >= 4 is 16.0 Å². The van der Waals surface area contributed by atoms with Crippen molar-refractivity contribution in [1.82, 2.24) is 18.6 Å². The Morgan fingerprint density at radius 1 is 1.09 bits per heavy atom. The predicted octanol–water partition coefficient (Wildman–Crippen LogP) is -0.991. The highest BCUT2D eigenvalue weighted by molar-refractivity contribution is 7.86. The van der Waals surface area contributed by atoms with Gasteiger partial charge in [0.05, 0.1) is 19.8 Å². The zero-order valence-corrected chi connectivity index (χ0v) is 12.9. The van der Waals surface area contributed by atoms with Crippen molar-refractivity contribution in [2.45, 2.75) is 6.10 Å². The molecule has 0 radical (unpaired) electrons. The van der Waals surface area contributed by atoms with Crippen LogP contribution in [0.4, 0.5) is 5.82 Å². The van der Waals surface area contributed by atoms with E-state index in [4.69, 9.17) is 15.2 Å². The minimum atomic E-state index is -3.52. The number of hydrogen-bond acceptors (Lipinski definition) is 7. The van der Waals surface area contributed by atoms with Crippen LogP contribution in [0.1, 0.15) is 11.8 Å². The van der Waals surface area contributed by atoms with Gasteiger partial charge in [0.15, 0.2) is 0 Å². The van der Waals surface area contributed by atoms with E-state index in [1.165, 1.54) is 21.0 Å². The molecule has 0 aromatic carbocycles. The molecule has 0 amide bonds. The fourth-order valence-corrected chi connectivity index (χ4v) is 4.12. The molecule has 2 aliphatic heterocycles. The summed E-state index contributed by atoms with van der Waals surface area (Å²) < 4.78 is 39.0. The van der Waals surface area contributed by atoms with Crippen LogP contribution in [0.2, 0.25) is 0 Å². The second-order valence-corrected chi connectivity index (χ2v) is 6.99. The Morgan fingerprint density at radius 2 is 1.77 bits per heavy atom. The Hall–Kier alpha value is -1.33. The lowest BCUT2D eigenvalue weighted by molar-refractivity contribution is -0.00817. The highest BCUT2D eigenvalue weighted by atomic mass is 32.2. The fourth-order valence-electron chi connectivity index (χ4n) is 2.55. The Labute approximate surface area is 129 Å². The van der Waals surface area contributed by atoms with E-state index in [0.29, 0.717) is 45.1 Å². The normalized spacial score (nSPS) is 25.2. The van der Waals surface area contributed by atoms with Crippen LogP contribution in [0.25, 0.3) is 0 Å². The fraction of sp³-hybridized carbons (Fsp3) is 0.667. The van der Waals surface area contributed by atoms with Gasteiger partial charge in [0, 0.05) is 38.6 Å². The third kappa shape index (κ3) is 3.06. The quantitative estimate of drug-likeness (QED) is 0.758. The van der Waals surface area contributed by atoms with E-state index in [9.17, 15) is 8.42 Å². The van der Waals surface area contributed by atoms with Crippen molar-refractivity contribution in [1.29, 1.82) is 0 Å². The maximum absolute atomic E-state index is 12.7. The molecule has 0 bridgehead atoms. The number of nitrogen functional groups attached to an aromatic ring is 1. The third-order valence-corrected chi connectivity index (χ3v) is 5.72. The lowest BCUT2D eigenvalue weighted by Crippen LogP contribution is -2.52. The van der Waals surface area contributed by atoms with Gasteiger partial charge in [-0.05, 0) is 0 Å². The van der Waals surface area contributed by atoms with Crippen LogP contribution in [0, 0.1) is 0 Å². The molecular formula is C12H19N5O4S. The van der Waals surface area contributed by atoms with Gasteiger partial charge in [-0.2, -0.15) is 17.0 Å². The molecule has 0 spiro atoms. The zero-order valence-electron chi connectivity index (χ0n) is 12.1. The lowest BCUT2D eigenvalue weighted by atomic mass is 10.2. The molecule has 9 nitrogen and oxygen atoms in total. The van der Waals surface area contributed by atoms with Gasteiger partial charge in [-0.25, -0.2) is 4.98 Å². The minimum absolute atomic E-state index is 0.183. The average Bonchev–Trinajstić information content (AvgIpc) is 2.56. The second kappa shape index (κ2) is 6.42. The first-order chi connectivity index (χ1) is 10.6. The first-order valence-corrected chi connectivity index (χ1v) is 8.49. The Bertz CT molecular complexity index is 620. The van der Waals surface area contributed by atoms with Crippen LogP contribution in [0.5, 0.6) is 0 Å². The maximum atomic E-state index is 12.7. The molecule has 22 heavy (non-hydrogen) atoms. The molecule has 0 saturated carbocycles. The van der Waals surface area contributed by atoms with Crippen molar-refractivity contribution in [2.24, 2.45) is 0 Å². The Morgan fingerprint density at radius 3 is 2.50 bits per heavy atom. The number of rotatable bonds is 3. The van der Waals surface area contributed by atoms with Gasteiger partial charge in [0.1, 0.15) is 17.6 Å². The van der Waals surface area contributed by atoms with Crippen LogP contribution in [0.15, 0.2) is 12.4 Å². The van der Waals surface area contributed by atoms with E-state index >= 15 is 0 Å². The number of nitrogens with two attached hydrogens (primary N) is 1. The number of aromatic nitrogens is 2. The molecule has 2 N–H and O–H groups in total. The van der Waals surface area contributed by atoms with Crippen molar-refractivity contribution in [3.63, 3.8) is 0 Å². The molecule has 2 aliphatic rings. The molecule has 2 fully saturated rings. The van der Waals surface area contributed by atoms with Crippen LogP contribution < -0.4 is 5.73 Å². The summed E-state index contributed by atoms with van der Waals surface area (Å²) >= 11 is 0. The first-order valence-electron chi connectivity index (χ1n) is 7.10. The summed E-state index contributed by atoms with van der Waals surface area (Å²) in [6.45, 7) is 2.38. The zero-order chi connectivity index (χ0) is 15.6. The highest BCUT2D eigenvalue weighted by Gasteiger charge is 2.36. The second-order valence-electron chi connectivity index (χ2n) is 5.06. The topological polar surface area (TPSA) is 111 Å². The standard InChI is InChI=1S/C12H19N5O4S/c13-12-11(14-1-2-15-12)10-9-17(5-8-21-10)22(18,19)16-3-6-20-7-4-16/h1-2,10H,3-9H2,(H2,13,15)/t10-/m1/s1. The summed E-state index contributed by atoms with van der Waals surface area (Å²) in [5.74, 6) is 0.262. The van der Waals surface area contributed by atoms with E-state index in [-0.39, 0.29) is 12.4 Å². The summed E-state index contributed by atoms with van der Waals surface area (Å²) in [6.07, 6.45) is 2.51. The number of anilines is 1. The number of nitrogens with zero attached hydrogens (tertiary/aromatic N) is 4. The summed E-state index contributed by atoms with van der Waals surface area (Å²) in [4.78, 5) is 8.14. The molecule has 3 rings (SSSR count). The summed E-state index contributed by atoms with van der Waals surface area (Å²) in [7, 11) is -3.52. The molecule has 0 aliphatic carbocycles. The number of hydrogen-bond donors (Lipinski definition) is 1. The first kappa shape index (κ1) is 15.6. The van der Waals surface area contributed by atoms with Gasteiger partial charge in [0.2, 0.25) is 0 Å². The summed E-state index contributed by atoms with van der Waals surface area (Å²) in [6, 6.07) is 0.